The van der Waals surface area contributed by atoms with Crippen molar-refractivity contribution >= 4 is 5.96 Å². The molecule has 0 aliphatic carbocycles. The van der Waals surface area contributed by atoms with Gasteiger partial charge in [0.2, 0.25) is 0 Å². The zero-order chi connectivity index (χ0) is 15.4. The van der Waals surface area contributed by atoms with Crippen molar-refractivity contribution in [1.29, 1.82) is 0 Å². The summed E-state index contributed by atoms with van der Waals surface area (Å²) in [6.07, 6.45) is 8.14. The summed E-state index contributed by atoms with van der Waals surface area (Å²) in [6, 6.07) is 1.42. The average molecular weight is 307 g/mol. The summed E-state index contributed by atoms with van der Waals surface area (Å²) in [5, 5.41) is 3.62. The lowest BCUT2D eigenvalue weighted by molar-refractivity contribution is 0.168. The van der Waals surface area contributed by atoms with Gasteiger partial charge in [0, 0.05) is 38.8 Å². The molecule has 0 aromatic heterocycles. The Balaban J connectivity index is 1.47. The number of rotatable bonds is 3. The van der Waals surface area contributed by atoms with E-state index in [4.69, 9.17) is 0 Å². The van der Waals surface area contributed by atoms with Crippen LogP contribution in [0.3, 0.4) is 0 Å². The molecule has 0 amide bonds. The van der Waals surface area contributed by atoms with E-state index in [9.17, 15) is 0 Å². The van der Waals surface area contributed by atoms with Crippen LogP contribution in [0.5, 0.6) is 0 Å². The minimum Gasteiger partial charge on any atom is -0.355 e. The molecule has 5 heteroatoms. The van der Waals surface area contributed by atoms with Gasteiger partial charge in [0.05, 0.1) is 0 Å². The van der Waals surface area contributed by atoms with Crippen LogP contribution >= 0.6 is 0 Å². The van der Waals surface area contributed by atoms with Crippen LogP contribution in [0.2, 0.25) is 0 Å². The molecule has 0 aromatic rings. The highest BCUT2D eigenvalue weighted by molar-refractivity contribution is 5.80. The summed E-state index contributed by atoms with van der Waals surface area (Å²) in [4.78, 5) is 12.2. The van der Waals surface area contributed by atoms with Crippen LogP contribution in [0.15, 0.2) is 4.99 Å². The number of likely N-dealkylation sites (N-methyl/N-ethyl adjacent to an activating group) is 1. The SMILES string of the molecule is CN=C(NCC1CCCN1C)N1CCC(N2CCCCC2)C1. The number of aliphatic imine (C=N–C) groups is 1. The summed E-state index contributed by atoms with van der Waals surface area (Å²) in [5.74, 6) is 1.11. The summed E-state index contributed by atoms with van der Waals surface area (Å²) < 4.78 is 0. The second kappa shape index (κ2) is 7.64. The Morgan fingerprint density at radius 1 is 1.05 bits per heavy atom. The van der Waals surface area contributed by atoms with Crippen LogP contribution in [-0.4, -0.2) is 86.1 Å². The smallest absolute Gasteiger partial charge is 0.193 e. The first-order valence-electron chi connectivity index (χ1n) is 9.18. The molecule has 3 fully saturated rings. The molecule has 3 rings (SSSR count). The first-order chi connectivity index (χ1) is 10.8. The van der Waals surface area contributed by atoms with Gasteiger partial charge in [0.1, 0.15) is 0 Å². The fraction of sp³-hybridized carbons (Fsp3) is 0.941. The quantitative estimate of drug-likeness (QED) is 0.628. The number of nitrogens with one attached hydrogen (secondary N) is 1. The molecule has 1 N–H and O–H groups in total. The maximum absolute atomic E-state index is 4.53. The van der Waals surface area contributed by atoms with E-state index in [0.717, 1.165) is 31.6 Å². The lowest BCUT2D eigenvalue weighted by Crippen LogP contribution is -2.47. The monoisotopic (exact) mass is 307 g/mol. The van der Waals surface area contributed by atoms with Crippen molar-refractivity contribution in [1.82, 2.24) is 20.0 Å². The van der Waals surface area contributed by atoms with Gasteiger partial charge < -0.3 is 15.1 Å². The van der Waals surface area contributed by atoms with Gasteiger partial charge in [0.15, 0.2) is 5.96 Å². The predicted molar refractivity (Wildman–Crippen MR) is 92.4 cm³/mol. The lowest BCUT2D eigenvalue weighted by Gasteiger charge is -2.32. The predicted octanol–water partition coefficient (Wildman–Crippen LogP) is 1.22. The Hall–Kier alpha value is -0.810. The number of hydrogen-bond donors (Lipinski definition) is 1. The summed E-state index contributed by atoms with van der Waals surface area (Å²) in [7, 11) is 4.17. The molecule has 2 unspecified atom stereocenters. The molecule has 0 radical (unpaired) electrons. The minimum absolute atomic E-state index is 0.678. The molecular weight excluding hydrogens is 274 g/mol. The molecule has 0 bridgehead atoms. The minimum atomic E-state index is 0.678. The molecule has 5 nitrogen and oxygen atoms in total. The van der Waals surface area contributed by atoms with Gasteiger partial charge in [-0.3, -0.25) is 9.89 Å². The Labute approximate surface area is 135 Å². The topological polar surface area (TPSA) is 34.1 Å². The van der Waals surface area contributed by atoms with E-state index in [1.807, 2.05) is 7.05 Å². The van der Waals surface area contributed by atoms with Crippen LogP contribution in [0, 0.1) is 0 Å². The Morgan fingerprint density at radius 2 is 1.86 bits per heavy atom. The maximum atomic E-state index is 4.53. The van der Waals surface area contributed by atoms with E-state index in [0.29, 0.717) is 6.04 Å². The second-order valence-corrected chi connectivity index (χ2v) is 7.19. The maximum Gasteiger partial charge on any atom is 0.193 e. The molecule has 126 valence electrons. The molecule has 3 aliphatic rings. The van der Waals surface area contributed by atoms with Gasteiger partial charge in [-0.1, -0.05) is 6.42 Å². The highest BCUT2D eigenvalue weighted by Gasteiger charge is 2.30. The Kier molecular flexibility index (Phi) is 5.58. The average Bonchev–Trinajstić information content (AvgIpc) is 3.19. The van der Waals surface area contributed by atoms with E-state index in [-0.39, 0.29) is 0 Å². The Bertz CT molecular complexity index is 377. The van der Waals surface area contributed by atoms with Crippen molar-refractivity contribution < 1.29 is 0 Å². The molecule has 3 saturated heterocycles. The van der Waals surface area contributed by atoms with E-state index >= 15 is 0 Å². The van der Waals surface area contributed by atoms with Crippen LogP contribution in [-0.2, 0) is 0 Å². The number of guanidine groups is 1. The van der Waals surface area contributed by atoms with Crippen molar-refractivity contribution in [3.05, 3.63) is 0 Å². The van der Waals surface area contributed by atoms with E-state index in [1.165, 1.54) is 58.2 Å². The molecule has 0 saturated carbocycles. The zero-order valence-electron chi connectivity index (χ0n) is 14.4. The Morgan fingerprint density at radius 3 is 2.55 bits per heavy atom. The van der Waals surface area contributed by atoms with Crippen LogP contribution in [0.4, 0.5) is 0 Å². The van der Waals surface area contributed by atoms with Gasteiger partial charge >= 0.3 is 0 Å². The zero-order valence-corrected chi connectivity index (χ0v) is 14.4. The fourth-order valence-corrected chi connectivity index (χ4v) is 4.29. The number of likely N-dealkylation sites (tertiary alicyclic amines) is 3. The van der Waals surface area contributed by atoms with Crippen LogP contribution < -0.4 is 5.32 Å². The second-order valence-electron chi connectivity index (χ2n) is 7.19. The van der Waals surface area contributed by atoms with Crippen molar-refractivity contribution in [2.75, 3.05) is 53.4 Å². The summed E-state index contributed by atoms with van der Waals surface area (Å²) in [5.41, 5.74) is 0. The first-order valence-corrected chi connectivity index (χ1v) is 9.18. The normalized spacial score (nSPS) is 31.9. The third-order valence-electron chi connectivity index (χ3n) is 5.75. The molecule has 0 aromatic carbocycles. The van der Waals surface area contributed by atoms with Crippen molar-refractivity contribution in [3.8, 4) is 0 Å². The van der Waals surface area contributed by atoms with Crippen molar-refractivity contribution in [3.63, 3.8) is 0 Å². The molecule has 0 spiro atoms. The van der Waals surface area contributed by atoms with Gasteiger partial charge in [-0.15, -0.1) is 0 Å². The van der Waals surface area contributed by atoms with Gasteiger partial charge in [-0.05, 0) is 58.8 Å². The fourth-order valence-electron chi connectivity index (χ4n) is 4.29. The van der Waals surface area contributed by atoms with Crippen molar-refractivity contribution in [2.45, 2.75) is 50.6 Å². The largest absolute Gasteiger partial charge is 0.355 e. The van der Waals surface area contributed by atoms with Gasteiger partial charge in [-0.25, -0.2) is 0 Å². The molecular formula is C17H33N5. The number of hydrogen-bond acceptors (Lipinski definition) is 3. The standard InChI is InChI=1S/C17H33N5/c1-18-17(19-13-15-7-6-9-20(15)2)22-12-8-16(14-22)21-10-4-3-5-11-21/h15-16H,3-14H2,1-2H3,(H,18,19). The van der Waals surface area contributed by atoms with Crippen molar-refractivity contribution in [2.24, 2.45) is 4.99 Å². The molecule has 22 heavy (non-hydrogen) atoms. The first kappa shape index (κ1) is 16.1. The number of piperidine rings is 1. The summed E-state index contributed by atoms with van der Waals surface area (Å²) in [6.45, 7) is 7.19. The molecule has 3 heterocycles. The molecule has 2 atom stereocenters. The van der Waals surface area contributed by atoms with E-state index in [2.05, 4.69) is 32.1 Å². The summed E-state index contributed by atoms with van der Waals surface area (Å²) >= 11 is 0. The number of nitrogens with zero attached hydrogens (tertiary/aromatic N) is 4. The van der Waals surface area contributed by atoms with E-state index in [1.54, 1.807) is 0 Å². The lowest BCUT2D eigenvalue weighted by atomic mass is 10.1. The van der Waals surface area contributed by atoms with Gasteiger partial charge in [-0.2, -0.15) is 0 Å². The molecule has 3 aliphatic heterocycles. The third kappa shape index (κ3) is 3.74. The highest BCUT2D eigenvalue weighted by atomic mass is 15.3. The highest BCUT2D eigenvalue weighted by Crippen LogP contribution is 2.20. The van der Waals surface area contributed by atoms with Crippen LogP contribution in [0.25, 0.3) is 0 Å². The van der Waals surface area contributed by atoms with Gasteiger partial charge in [0.25, 0.3) is 0 Å². The van der Waals surface area contributed by atoms with E-state index < -0.39 is 0 Å². The third-order valence-corrected chi connectivity index (χ3v) is 5.75. The van der Waals surface area contributed by atoms with Crippen LogP contribution in [0.1, 0.15) is 38.5 Å².